The number of aliphatic hydroxyl groups is 1. The molecule has 2 aliphatic rings. The number of aliphatic hydroxyl groups excluding tert-OH is 1. The van der Waals surface area contributed by atoms with Crippen LogP contribution in [0.2, 0.25) is 0 Å². The maximum Gasteiger partial charge on any atom is 0.255 e. The summed E-state index contributed by atoms with van der Waals surface area (Å²) in [5.74, 6) is 0.196. The first-order chi connectivity index (χ1) is 8.79. The summed E-state index contributed by atoms with van der Waals surface area (Å²) in [6, 6.07) is 0.315. The highest BCUT2D eigenvalue weighted by atomic mass is 32.1. The third-order valence-corrected chi connectivity index (χ3v) is 4.70. The van der Waals surface area contributed by atoms with Crippen molar-refractivity contribution in [2.24, 2.45) is 0 Å². The summed E-state index contributed by atoms with van der Waals surface area (Å²) >= 11 is 1.61. The molecule has 0 aromatic carbocycles. The Morgan fingerprint density at radius 1 is 1.44 bits per heavy atom. The Labute approximate surface area is 111 Å². The molecule has 2 aliphatic heterocycles. The summed E-state index contributed by atoms with van der Waals surface area (Å²) < 4.78 is 0. The number of hydrogen-bond acceptors (Lipinski definition) is 4. The van der Waals surface area contributed by atoms with Gasteiger partial charge in [0.1, 0.15) is 0 Å². The first-order valence-electron chi connectivity index (χ1n) is 6.49. The fraction of sp³-hybridized carbons (Fsp3) is 0.615. The molecule has 0 aliphatic carbocycles. The number of piperidine rings is 1. The van der Waals surface area contributed by atoms with Crippen LogP contribution in [0.4, 0.5) is 0 Å². The van der Waals surface area contributed by atoms with Gasteiger partial charge in [0.25, 0.3) is 5.91 Å². The van der Waals surface area contributed by atoms with E-state index in [1.54, 1.807) is 11.3 Å². The van der Waals surface area contributed by atoms with Crippen molar-refractivity contribution < 1.29 is 9.90 Å². The third-order valence-electron chi connectivity index (χ3n) is 3.91. The lowest BCUT2D eigenvalue weighted by molar-refractivity contribution is 0.0544. The van der Waals surface area contributed by atoms with Crippen LogP contribution >= 0.6 is 11.3 Å². The summed E-state index contributed by atoms with van der Waals surface area (Å²) in [5.41, 5.74) is 2.09. The zero-order valence-corrected chi connectivity index (χ0v) is 11.2. The summed E-state index contributed by atoms with van der Waals surface area (Å²) in [7, 11) is 0. The second-order valence-electron chi connectivity index (χ2n) is 5.06. The fourth-order valence-corrected chi connectivity index (χ4v) is 3.79. The van der Waals surface area contributed by atoms with Crippen LogP contribution in [0.1, 0.15) is 28.8 Å². The number of nitrogens with zero attached hydrogens (tertiary/aromatic N) is 2. The Bertz CT molecular complexity index is 444. The van der Waals surface area contributed by atoms with E-state index in [4.69, 9.17) is 5.11 Å². The third kappa shape index (κ3) is 2.06. The van der Waals surface area contributed by atoms with Crippen LogP contribution in [0.25, 0.3) is 0 Å². The summed E-state index contributed by atoms with van der Waals surface area (Å²) in [4.78, 5) is 16.6. The monoisotopic (exact) mass is 266 g/mol. The number of amides is 1. The second-order valence-corrected chi connectivity index (χ2v) is 5.81. The van der Waals surface area contributed by atoms with Crippen LogP contribution in [0.5, 0.6) is 0 Å². The lowest BCUT2D eigenvalue weighted by Crippen LogP contribution is -2.48. The highest BCUT2D eigenvalue weighted by Crippen LogP contribution is 2.30. The van der Waals surface area contributed by atoms with E-state index < -0.39 is 0 Å². The number of carbonyl (C=O) groups excluding carboxylic acids is 1. The Balaban J connectivity index is 1.69. The molecule has 3 heterocycles. The van der Waals surface area contributed by atoms with Gasteiger partial charge in [0, 0.05) is 31.1 Å². The lowest BCUT2D eigenvalue weighted by Gasteiger charge is -2.37. The van der Waals surface area contributed by atoms with E-state index in [1.807, 2.05) is 10.3 Å². The highest BCUT2D eigenvalue weighted by molar-refractivity contribution is 7.08. The molecule has 1 N–H and O–H groups in total. The largest absolute Gasteiger partial charge is 0.395 e. The smallest absolute Gasteiger partial charge is 0.255 e. The van der Waals surface area contributed by atoms with Crippen LogP contribution < -0.4 is 0 Å². The minimum atomic E-state index is 0.196. The van der Waals surface area contributed by atoms with Crippen LogP contribution in [0.15, 0.2) is 10.8 Å². The van der Waals surface area contributed by atoms with Crippen molar-refractivity contribution in [2.75, 3.05) is 26.2 Å². The molecule has 1 aromatic rings. The summed E-state index contributed by atoms with van der Waals surface area (Å²) in [5, 5.41) is 13.1. The van der Waals surface area contributed by atoms with E-state index in [-0.39, 0.29) is 12.5 Å². The molecule has 1 aromatic heterocycles. The number of β-amino-alcohol motifs (C(OH)–C–C–N with tert-alkyl or cyclic N) is 1. The molecule has 3 rings (SSSR count). The van der Waals surface area contributed by atoms with E-state index in [9.17, 15) is 4.79 Å². The molecular weight excluding hydrogens is 248 g/mol. The zero-order chi connectivity index (χ0) is 12.5. The Morgan fingerprint density at radius 3 is 3.11 bits per heavy atom. The van der Waals surface area contributed by atoms with Gasteiger partial charge in [0.05, 0.1) is 12.2 Å². The van der Waals surface area contributed by atoms with Crippen LogP contribution in [-0.4, -0.2) is 53.1 Å². The van der Waals surface area contributed by atoms with Crippen molar-refractivity contribution >= 4 is 17.2 Å². The zero-order valence-electron chi connectivity index (χ0n) is 10.3. The molecule has 0 saturated carbocycles. The number of thiophene rings is 1. The van der Waals surface area contributed by atoms with Gasteiger partial charge in [-0.15, -0.1) is 0 Å². The normalized spacial score (nSPS) is 24.6. The van der Waals surface area contributed by atoms with Crippen molar-refractivity contribution in [1.29, 1.82) is 0 Å². The van der Waals surface area contributed by atoms with E-state index in [0.717, 1.165) is 44.6 Å². The van der Waals surface area contributed by atoms with Crippen molar-refractivity contribution in [3.05, 3.63) is 21.9 Å². The molecule has 1 atom stereocenters. The van der Waals surface area contributed by atoms with Crippen LogP contribution in [0.3, 0.4) is 0 Å². The molecule has 18 heavy (non-hydrogen) atoms. The van der Waals surface area contributed by atoms with Gasteiger partial charge >= 0.3 is 0 Å². The molecule has 5 heteroatoms. The van der Waals surface area contributed by atoms with Crippen LogP contribution in [-0.2, 0) is 6.54 Å². The first kappa shape index (κ1) is 12.1. The second kappa shape index (κ2) is 4.99. The minimum Gasteiger partial charge on any atom is -0.395 e. The average molecular weight is 266 g/mol. The summed E-state index contributed by atoms with van der Waals surface area (Å²) in [6.45, 7) is 3.64. The van der Waals surface area contributed by atoms with Crippen LogP contribution in [0, 0.1) is 0 Å². The van der Waals surface area contributed by atoms with Gasteiger partial charge in [0.15, 0.2) is 0 Å². The molecule has 0 radical (unpaired) electrons. The average Bonchev–Trinajstić information content (AvgIpc) is 2.94. The van der Waals surface area contributed by atoms with Gasteiger partial charge in [0.2, 0.25) is 0 Å². The number of likely N-dealkylation sites (tertiary alicyclic amines) is 1. The lowest BCUT2D eigenvalue weighted by atomic mass is 10.0. The van der Waals surface area contributed by atoms with Crippen molar-refractivity contribution in [3.8, 4) is 0 Å². The van der Waals surface area contributed by atoms with E-state index in [0.29, 0.717) is 6.04 Å². The van der Waals surface area contributed by atoms with Gasteiger partial charge < -0.3 is 10.0 Å². The molecule has 1 amide bonds. The Morgan fingerprint density at radius 2 is 2.33 bits per heavy atom. The number of rotatable bonds is 3. The summed E-state index contributed by atoms with van der Waals surface area (Å²) in [6.07, 6.45) is 2.20. The molecule has 0 spiro atoms. The van der Waals surface area contributed by atoms with Gasteiger partial charge in [-0.05, 0) is 30.3 Å². The maximum atomic E-state index is 12.3. The first-order valence-corrected chi connectivity index (χ1v) is 7.43. The van der Waals surface area contributed by atoms with Gasteiger partial charge in [-0.2, -0.15) is 11.3 Å². The van der Waals surface area contributed by atoms with Gasteiger partial charge in [-0.1, -0.05) is 0 Å². The number of hydrogen-bond donors (Lipinski definition) is 1. The van der Waals surface area contributed by atoms with Crippen molar-refractivity contribution in [1.82, 2.24) is 9.80 Å². The van der Waals surface area contributed by atoms with E-state index >= 15 is 0 Å². The molecule has 1 fully saturated rings. The Hall–Kier alpha value is -0.910. The van der Waals surface area contributed by atoms with Gasteiger partial charge in [-0.3, -0.25) is 9.69 Å². The number of carbonyl (C=O) groups is 1. The van der Waals surface area contributed by atoms with Gasteiger partial charge in [-0.25, -0.2) is 0 Å². The fourth-order valence-electron chi connectivity index (χ4n) is 2.97. The predicted octanol–water partition coefficient (Wildman–Crippen LogP) is 1.16. The topological polar surface area (TPSA) is 43.8 Å². The van der Waals surface area contributed by atoms with E-state index in [2.05, 4.69) is 10.3 Å². The Kier molecular flexibility index (Phi) is 3.37. The van der Waals surface area contributed by atoms with Crippen molar-refractivity contribution in [3.63, 3.8) is 0 Å². The standard InChI is InChI=1S/C13H18N2O2S/c16-5-4-14-3-1-2-11(7-14)15-6-10-8-18-9-12(10)13(15)17/h8-9,11,16H,1-7H2. The molecule has 0 bridgehead atoms. The van der Waals surface area contributed by atoms with E-state index in [1.165, 1.54) is 5.56 Å². The number of fused-ring (bicyclic) bond motifs is 1. The highest BCUT2D eigenvalue weighted by Gasteiger charge is 2.35. The molecule has 98 valence electrons. The molecule has 4 nitrogen and oxygen atoms in total. The SMILES string of the molecule is O=C1c2cscc2CN1C1CCCN(CCO)C1. The molecular formula is C13H18N2O2S. The quantitative estimate of drug-likeness (QED) is 0.893. The molecule has 1 unspecified atom stereocenters. The van der Waals surface area contributed by atoms with Crippen molar-refractivity contribution in [2.45, 2.75) is 25.4 Å². The molecule has 1 saturated heterocycles. The maximum absolute atomic E-state index is 12.3. The predicted molar refractivity (Wildman–Crippen MR) is 70.7 cm³/mol. The minimum absolute atomic E-state index is 0.196.